The maximum absolute atomic E-state index is 13.4. The Labute approximate surface area is 188 Å². The zero-order valence-electron chi connectivity index (χ0n) is 18.4. The summed E-state index contributed by atoms with van der Waals surface area (Å²) in [5, 5.41) is 3.08. The molecule has 0 saturated carbocycles. The first-order valence-electron chi connectivity index (χ1n) is 11.3. The fraction of sp³-hybridized carbons (Fsp3) is 0.458. The Morgan fingerprint density at radius 1 is 1.19 bits per heavy atom. The lowest BCUT2D eigenvalue weighted by Crippen LogP contribution is -2.41. The second kappa shape index (κ2) is 8.78. The van der Waals surface area contributed by atoms with E-state index in [9.17, 15) is 9.59 Å². The zero-order valence-corrected chi connectivity index (χ0v) is 18.4. The molecule has 5 rings (SSSR count). The number of rotatable bonds is 4. The minimum atomic E-state index is -0.0453. The molecule has 3 aliphatic heterocycles. The normalized spacial score (nSPS) is 20.9. The highest BCUT2D eigenvalue weighted by Gasteiger charge is 2.32. The Bertz CT molecular complexity index is 1010. The largest absolute Gasteiger partial charge is 0.497 e. The van der Waals surface area contributed by atoms with Crippen molar-refractivity contribution in [2.75, 3.05) is 50.1 Å². The van der Waals surface area contributed by atoms with Gasteiger partial charge in [0.2, 0.25) is 5.91 Å². The molecule has 2 saturated heterocycles. The summed E-state index contributed by atoms with van der Waals surface area (Å²) < 4.78 is 5.23. The first-order chi connectivity index (χ1) is 15.6. The van der Waals surface area contributed by atoms with Gasteiger partial charge >= 0.3 is 0 Å². The van der Waals surface area contributed by atoms with Gasteiger partial charge in [0.05, 0.1) is 31.5 Å². The molecule has 4 heterocycles. The Balaban J connectivity index is 1.39. The van der Waals surface area contributed by atoms with Gasteiger partial charge in [-0.3, -0.25) is 14.5 Å². The molecule has 2 aromatic rings. The van der Waals surface area contributed by atoms with Crippen LogP contribution in [0.3, 0.4) is 0 Å². The van der Waals surface area contributed by atoms with Crippen LogP contribution in [0.4, 0.5) is 11.5 Å². The van der Waals surface area contributed by atoms with Gasteiger partial charge in [0, 0.05) is 31.9 Å². The summed E-state index contributed by atoms with van der Waals surface area (Å²) in [6.45, 7) is 4.33. The molecule has 32 heavy (non-hydrogen) atoms. The van der Waals surface area contributed by atoms with Gasteiger partial charge in [0.15, 0.2) is 5.82 Å². The standard InChI is InChI=1S/C24H29N5O3/c1-32-20-7-5-17(6-8-20)15-29-21-12-18(13-25-23(21)26-14-22(29)30)24(31)28-11-3-10-27-9-2-4-19(27)16-28/h5-8,12-13,19H,2-4,9-11,14-16H2,1H3,(H,25,26)/t19-/m0/s1. The number of amides is 2. The van der Waals surface area contributed by atoms with Crippen LogP contribution in [-0.2, 0) is 11.3 Å². The van der Waals surface area contributed by atoms with E-state index < -0.39 is 0 Å². The van der Waals surface area contributed by atoms with Crippen molar-refractivity contribution in [1.82, 2.24) is 14.8 Å². The van der Waals surface area contributed by atoms with Crippen molar-refractivity contribution < 1.29 is 14.3 Å². The highest BCUT2D eigenvalue weighted by molar-refractivity contribution is 6.04. The van der Waals surface area contributed by atoms with Gasteiger partial charge in [-0.1, -0.05) is 12.1 Å². The molecule has 2 amide bonds. The third kappa shape index (κ3) is 4.02. The van der Waals surface area contributed by atoms with E-state index in [1.165, 1.54) is 6.42 Å². The quantitative estimate of drug-likeness (QED) is 0.795. The summed E-state index contributed by atoms with van der Waals surface area (Å²) >= 11 is 0. The molecule has 8 heteroatoms. The minimum Gasteiger partial charge on any atom is -0.497 e. The molecular formula is C24H29N5O3. The van der Waals surface area contributed by atoms with Crippen molar-refractivity contribution in [3.8, 4) is 5.75 Å². The average Bonchev–Trinajstić information content (AvgIpc) is 3.17. The van der Waals surface area contributed by atoms with Gasteiger partial charge in [0.1, 0.15) is 5.75 Å². The number of carbonyl (C=O) groups excluding carboxylic acids is 2. The van der Waals surface area contributed by atoms with Crippen LogP contribution in [0.2, 0.25) is 0 Å². The molecule has 0 unspecified atom stereocenters. The van der Waals surface area contributed by atoms with Crippen LogP contribution in [0.15, 0.2) is 36.5 Å². The van der Waals surface area contributed by atoms with Crippen molar-refractivity contribution in [2.24, 2.45) is 0 Å². The van der Waals surface area contributed by atoms with Crippen molar-refractivity contribution in [3.63, 3.8) is 0 Å². The number of methoxy groups -OCH3 is 1. The Morgan fingerprint density at radius 3 is 2.81 bits per heavy atom. The van der Waals surface area contributed by atoms with Crippen LogP contribution in [0.25, 0.3) is 0 Å². The Hall–Kier alpha value is -3.13. The maximum atomic E-state index is 13.4. The van der Waals surface area contributed by atoms with E-state index in [0.29, 0.717) is 29.7 Å². The van der Waals surface area contributed by atoms with Crippen LogP contribution in [0, 0.1) is 0 Å². The van der Waals surface area contributed by atoms with Crippen molar-refractivity contribution in [1.29, 1.82) is 0 Å². The Morgan fingerprint density at radius 2 is 2.00 bits per heavy atom. The average molecular weight is 436 g/mol. The van der Waals surface area contributed by atoms with Crippen LogP contribution < -0.4 is 15.0 Å². The lowest BCUT2D eigenvalue weighted by molar-refractivity contribution is -0.117. The molecule has 1 atom stereocenters. The number of anilines is 2. The second-order valence-corrected chi connectivity index (χ2v) is 8.71. The zero-order chi connectivity index (χ0) is 22.1. The summed E-state index contributed by atoms with van der Waals surface area (Å²) in [4.78, 5) is 36.8. The molecule has 1 aromatic heterocycles. The molecule has 1 aromatic carbocycles. The molecule has 0 aliphatic carbocycles. The van der Waals surface area contributed by atoms with Crippen molar-refractivity contribution >= 4 is 23.3 Å². The van der Waals surface area contributed by atoms with E-state index in [1.54, 1.807) is 18.2 Å². The van der Waals surface area contributed by atoms with Gasteiger partial charge in [0.25, 0.3) is 5.91 Å². The number of aromatic nitrogens is 1. The van der Waals surface area contributed by atoms with E-state index >= 15 is 0 Å². The molecule has 0 bridgehead atoms. The van der Waals surface area contributed by atoms with Crippen molar-refractivity contribution in [3.05, 3.63) is 47.7 Å². The minimum absolute atomic E-state index is 0.00327. The number of pyridine rings is 1. The van der Waals surface area contributed by atoms with Gasteiger partial charge in [-0.15, -0.1) is 0 Å². The third-order valence-corrected chi connectivity index (χ3v) is 6.70. The first-order valence-corrected chi connectivity index (χ1v) is 11.3. The first kappa shape index (κ1) is 20.8. The molecule has 2 fully saturated rings. The van der Waals surface area contributed by atoms with Crippen molar-refractivity contribution in [2.45, 2.75) is 31.8 Å². The summed E-state index contributed by atoms with van der Waals surface area (Å²) in [6.07, 6.45) is 4.98. The van der Waals surface area contributed by atoms with Gasteiger partial charge in [-0.25, -0.2) is 4.98 Å². The van der Waals surface area contributed by atoms with E-state index in [1.807, 2.05) is 35.2 Å². The summed E-state index contributed by atoms with van der Waals surface area (Å²) in [5.74, 6) is 1.36. The van der Waals surface area contributed by atoms with E-state index in [0.717, 1.165) is 50.3 Å². The molecule has 168 valence electrons. The highest BCUT2D eigenvalue weighted by Crippen LogP contribution is 2.31. The number of nitrogens with zero attached hydrogens (tertiary/aromatic N) is 4. The fourth-order valence-electron chi connectivity index (χ4n) is 4.96. The van der Waals surface area contributed by atoms with Crippen LogP contribution in [0.5, 0.6) is 5.75 Å². The lowest BCUT2D eigenvalue weighted by Gasteiger charge is -2.30. The molecule has 0 spiro atoms. The van der Waals surface area contributed by atoms with Crippen LogP contribution in [-0.4, -0.2) is 72.5 Å². The number of hydrogen-bond acceptors (Lipinski definition) is 6. The molecule has 1 N–H and O–H groups in total. The predicted molar refractivity (Wildman–Crippen MR) is 122 cm³/mol. The number of fused-ring (bicyclic) bond motifs is 2. The SMILES string of the molecule is COc1ccc(CN2C(=O)CNc3ncc(C(=O)N4CCCN5CCC[C@H]5C4)cc32)cc1. The summed E-state index contributed by atoms with van der Waals surface area (Å²) in [5.41, 5.74) is 2.17. The second-order valence-electron chi connectivity index (χ2n) is 8.71. The number of hydrogen-bond donors (Lipinski definition) is 1. The number of ether oxygens (including phenoxy) is 1. The van der Waals surface area contributed by atoms with E-state index in [4.69, 9.17) is 4.74 Å². The Kier molecular flexibility index (Phi) is 5.70. The van der Waals surface area contributed by atoms with Crippen LogP contribution in [0.1, 0.15) is 35.2 Å². The topological polar surface area (TPSA) is 78.0 Å². The molecule has 3 aliphatic rings. The van der Waals surface area contributed by atoms with Gasteiger partial charge in [-0.05, 0) is 49.6 Å². The summed E-state index contributed by atoms with van der Waals surface area (Å²) in [7, 11) is 1.63. The third-order valence-electron chi connectivity index (χ3n) is 6.70. The van der Waals surface area contributed by atoms with Gasteiger partial charge < -0.3 is 19.9 Å². The number of nitrogens with one attached hydrogen (secondary N) is 1. The maximum Gasteiger partial charge on any atom is 0.255 e. The highest BCUT2D eigenvalue weighted by atomic mass is 16.5. The fourth-order valence-corrected chi connectivity index (χ4v) is 4.96. The smallest absolute Gasteiger partial charge is 0.255 e. The number of benzene rings is 1. The number of carbonyl (C=O) groups is 2. The molecule has 0 radical (unpaired) electrons. The van der Waals surface area contributed by atoms with E-state index in [2.05, 4.69) is 15.2 Å². The predicted octanol–water partition coefficient (Wildman–Crippen LogP) is 2.36. The monoisotopic (exact) mass is 435 g/mol. The summed E-state index contributed by atoms with van der Waals surface area (Å²) in [6, 6.07) is 9.93. The molecule has 8 nitrogen and oxygen atoms in total. The van der Waals surface area contributed by atoms with Gasteiger partial charge in [-0.2, -0.15) is 0 Å². The van der Waals surface area contributed by atoms with Crippen LogP contribution >= 0.6 is 0 Å². The lowest BCUT2D eigenvalue weighted by atomic mass is 10.1. The van der Waals surface area contributed by atoms with E-state index in [-0.39, 0.29) is 18.4 Å². The molecular weight excluding hydrogens is 406 g/mol.